The van der Waals surface area contributed by atoms with Crippen molar-refractivity contribution in [1.29, 1.82) is 0 Å². The summed E-state index contributed by atoms with van der Waals surface area (Å²) in [6.07, 6.45) is 2.11. The van der Waals surface area contributed by atoms with Crippen molar-refractivity contribution in [2.45, 2.75) is 19.3 Å². The molecule has 0 radical (unpaired) electrons. The van der Waals surface area contributed by atoms with E-state index in [0.29, 0.717) is 12.8 Å². The second-order valence-electron chi connectivity index (χ2n) is 2.03. The maximum absolute atomic E-state index is 10.3. The second kappa shape index (κ2) is 5.84. The Hall–Kier alpha value is 0.250. The molecule has 1 atom stereocenters. The Labute approximate surface area is 71.3 Å². The SMILES string of the molecule is O=S(O)(=S)OCCCCCO. The first-order chi connectivity index (χ1) is 5.06. The first kappa shape index (κ1) is 11.2. The molecule has 0 saturated carbocycles. The average molecular weight is 200 g/mol. The van der Waals surface area contributed by atoms with Gasteiger partial charge in [-0.15, -0.1) is 0 Å². The van der Waals surface area contributed by atoms with Gasteiger partial charge in [0.2, 0.25) is 0 Å². The van der Waals surface area contributed by atoms with Crippen LogP contribution in [0.15, 0.2) is 0 Å². The Bertz CT molecular complexity index is 175. The van der Waals surface area contributed by atoms with Crippen molar-refractivity contribution in [3.05, 3.63) is 0 Å². The lowest BCUT2D eigenvalue weighted by Gasteiger charge is -2.00. The zero-order chi connectivity index (χ0) is 8.74. The maximum Gasteiger partial charge on any atom is 0.266 e. The van der Waals surface area contributed by atoms with Gasteiger partial charge in [0.1, 0.15) is 0 Å². The molecule has 0 aliphatic rings. The van der Waals surface area contributed by atoms with Crippen molar-refractivity contribution in [3.8, 4) is 0 Å². The summed E-state index contributed by atoms with van der Waals surface area (Å²) >= 11 is 4.07. The van der Waals surface area contributed by atoms with Crippen LogP contribution in [0.4, 0.5) is 0 Å². The van der Waals surface area contributed by atoms with Gasteiger partial charge < -0.3 is 5.11 Å². The molecule has 0 amide bonds. The summed E-state index contributed by atoms with van der Waals surface area (Å²) in [6.45, 7) is 0.321. The largest absolute Gasteiger partial charge is 0.396 e. The smallest absolute Gasteiger partial charge is 0.266 e. The fraction of sp³-hybridized carbons (Fsp3) is 1.00. The molecule has 4 nitrogen and oxygen atoms in total. The Morgan fingerprint density at radius 1 is 1.36 bits per heavy atom. The molecule has 11 heavy (non-hydrogen) atoms. The number of hydrogen-bond acceptors (Lipinski definition) is 4. The van der Waals surface area contributed by atoms with Crippen molar-refractivity contribution in [1.82, 2.24) is 0 Å². The number of aliphatic hydroxyl groups is 1. The third-order valence-electron chi connectivity index (χ3n) is 1.03. The van der Waals surface area contributed by atoms with E-state index in [9.17, 15) is 4.21 Å². The summed E-state index contributed by atoms with van der Waals surface area (Å²) in [5, 5.41) is 8.36. The normalized spacial score (nSPS) is 16.2. The van der Waals surface area contributed by atoms with Crippen LogP contribution < -0.4 is 0 Å². The van der Waals surface area contributed by atoms with Gasteiger partial charge in [0.25, 0.3) is 9.05 Å². The Balaban J connectivity index is 3.16. The fourth-order valence-electron chi connectivity index (χ4n) is 0.555. The van der Waals surface area contributed by atoms with Crippen molar-refractivity contribution < 1.29 is 18.1 Å². The standard InChI is InChI=1S/C5H12O4S2/c6-4-2-1-3-5-9-11(7,8)10/h6H,1-5H2,(H,7,8,10). The molecule has 0 aromatic heterocycles. The van der Waals surface area contributed by atoms with E-state index < -0.39 is 9.05 Å². The molecule has 0 aromatic rings. The highest BCUT2D eigenvalue weighted by Gasteiger charge is 1.97. The highest BCUT2D eigenvalue weighted by Crippen LogP contribution is 1.96. The highest BCUT2D eigenvalue weighted by atomic mass is 32.9. The van der Waals surface area contributed by atoms with Gasteiger partial charge >= 0.3 is 0 Å². The molecule has 68 valence electrons. The van der Waals surface area contributed by atoms with Gasteiger partial charge in [-0.1, -0.05) is 0 Å². The highest BCUT2D eigenvalue weighted by molar-refractivity contribution is 8.27. The van der Waals surface area contributed by atoms with Gasteiger partial charge in [-0.3, -0.25) is 8.74 Å². The first-order valence-corrected chi connectivity index (χ1v) is 5.65. The van der Waals surface area contributed by atoms with Gasteiger partial charge in [0.05, 0.1) is 6.61 Å². The van der Waals surface area contributed by atoms with Crippen molar-refractivity contribution in [2.24, 2.45) is 0 Å². The molecule has 0 aromatic carbocycles. The minimum Gasteiger partial charge on any atom is -0.396 e. The second-order valence-corrected chi connectivity index (χ2v) is 4.39. The van der Waals surface area contributed by atoms with Crippen LogP contribution in [0.25, 0.3) is 0 Å². The van der Waals surface area contributed by atoms with Crippen LogP contribution in [0.3, 0.4) is 0 Å². The predicted molar refractivity (Wildman–Crippen MR) is 45.0 cm³/mol. The van der Waals surface area contributed by atoms with E-state index in [-0.39, 0.29) is 13.2 Å². The summed E-state index contributed by atoms with van der Waals surface area (Å²) in [5.74, 6) is 0. The fourth-order valence-corrected chi connectivity index (χ4v) is 1.09. The van der Waals surface area contributed by atoms with Crippen LogP contribution in [0, 0.1) is 0 Å². The number of aliphatic hydroxyl groups excluding tert-OH is 1. The predicted octanol–water partition coefficient (Wildman–Crippen LogP) is 0.300. The summed E-state index contributed by atoms with van der Waals surface area (Å²) in [7, 11) is -3.44. The summed E-state index contributed by atoms with van der Waals surface area (Å²) in [4.78, 5) is 0. The van der Waals surface area contributed by atoms with Crippen LogP contribution in [-0.4, -0.2) is 27.1 Å². The Kier molecular flexibility index (Phi) is 5.98. The number of rotatable bonds is 6. The lowest BCUT2D eigenvalue weighted by atomic mass is 10.2. The molecule has 6 heteroatoms. The van der Waals surface area contributed by atoms with E-state index in [2.05, 4.69) is 15.4 Å². The molecule has 0 rings (SSSR count). The molecular weight excluding hydrogens is 188 g/mol. The van der Waals surface area contributed by atoms with Crippen LogP contribution in [-0.2, 0) is 24.4 Å². The maximum atomic E-state index is 10.3. The zero-order valence-corrected chi connectivity index (χ0v) is 7.70. The van der Waals surface area contributed by atoms with E-state index >= 15 is 0 Å². The quantitative estimate of drug-likeness (QED) is 0.604. The van der Waals surface area contributed by atoms with Gasteiger partial charge in [-0.05, 0) is 19.3 Å². The molecule has 0 spiro atoms. The Morgan fingerprint density at radius 3 is 2.45 bits per heavy atom. The lowest BCUT2D eigenvalue weighted by Crippen LogP contribution is -2.03. The number of hydrogen-bond donors (Lipinski definition) is 2. The van der Waals surface area contributed by atoms with Crippen LogP contribution in [0.1, 0.15) is 19.3 Å². The van der Waals surface area contributed by atoms with Crippen molar-refractivity contribution in [2.75, 3.05) is 13.2 Å². The molecule has 1 unspecified atom stereocenters. The topological polar surface area (TPSA) is 66.8 Å². The van der Waals surface area contributed by atoms with E-state index in [1.807, 2.05) is 0 Å². The van der Waals surface area contributed by atoms with E-state index in [0.717, 1.165) is 6.42 Å². The van der Waals surface area contributed by atoms with E-state index in [1.54, 1.807) is 0 Å². The minimum absolute atomic E-state index is 0.141. The summed E-state index contributed by atoms with van der Waals surface area (Å²) in [5.41, 5.74) is 0. The molecule has 0 aliphatic heterocycles. The third kappa shape index (κ3) is 10.2. The minimum atomic E-state index is -3.44. The molecular formula is C5H12O4S2. The molecule has 0 fully saturated rings. The lowest BCUT2D eigenvalue weighted by molar-refractivity contribution is 0.264. The van der Waals surface area contributed by atoms with Gasteiger partial charge in [0, 0.05) is 17.8 Å². The average Bonchev–Trinajstić information content (AvgIpc) is 1.85. The monoisotopic (exact) mass is 200 g/mol. The number of unbranched alkanes of at least 4 members (excludes halogenated alkanes) is 2. The Morgan fingerprint density at radius 2 is 2.00 bits per heavy atom. The molecule has 0 bridgehead atoms. The van der Waals surface area contributed by atoms with E-state index in [4.69, 9.17) is 9.66 Å². The molecule has 0 aliphatic carbocycles. The zero-order valence-electron chi connectivity index (χ0n) is 6.06. The van der Waals surface area contributed by atoms with Gasteiger partial charge in [-0.25, -0.2) is 0 Å². The summed E-state index contributed by atoms with van der Waals surface area (Å²) < 4.78 is 23.2. The molecule has 0 heterocycles. The van der Waals surface area contributed by atoms with Crippen molar-refractivity contribution in [3.63, 3.8) is 0 Å². The van der Waals surface area contributed by atoms with Crippen LogP contribution >= 0.6 is 0 Å². The molecule has 2 N–H and O–H groups in total. The van der Waals surface area contributed by atoms with Crippen molar-refractivity contribution >= 4 is 20.2 Å². The van der Waals surface area contributed by atoms with Crippen LogP contribution in [0.5, 0.6) is 0 Å². The van der Waals surface area contributed by atoms with Gasteiger partial charge in [0.15, 0.2) is 0 Å². The van der Waals surface area contributed by atoms with E-state index in [1.165, 1.54) is 0 Å². The van der Waals surface area contributed by atoms with Gasteiger partial charge in [-0.2, -0.15) is 4.21 Å². The third-order valence-corrected chi connectivity index (χ3v) is 1.79. The van der Waals surface area contributed by atoms with Crippen LogP contribution in [0.2, 0.25) is 0 Å². The summed E-state index contributed by atoms with van der Waals surface area (Å²) in [6, 6.07) is 0. The first-order valence-electron chi connectivity index (χ1n) is 3.29. The molecule has 0 saturated heterocycles.